The van der Waals surface area contributed by atoms with Crippen molar-refractivity contribution in [3.8, 4) is 11.3 Å². The molecule has 0 unspecified atom stereocenters. The lowest BCUT2D eigenvalue weighted by molar-refractivity contribution is 0.901. The lowest BCUT2D eigenvalue weighted by Crippen LogP contribution is -1.95. The largest absolute Gasteiger partial charge is 0.291 e. The molecule has 18 heavy (non-hydrogen) atoms. The molecule has 2 aromatic heterocycles. The zero-order valence-corrected chi connectivity index (χ0v) is 10.9. The normalized spacial score (nSPS) is 10.9. The summed E-state index contributed by atoms with van der Waals surface area (Å²) in [4.78, 5) is 4.57. The van der Waals surface area contributed by atoms with Crippen LogP contribution in [0.2, 0.25) is 0 Å². The Kier molecular flexibility index (Phi) is 2.72. The highest BCUT2D eigenvalue weighted by Crippen LogP contribution is 2.19. The lowest BCUT2D eigenvalue weighted by atomic mass is 10.2. The summed E-state index contributed by atoms with van der Waals surface area (Å²) in [5, 5.41) is 3.28. The summed E-state index contributed by atoms with van der Waals surface area (Å²) < 4.78 is 2.61. The van der Waals surface area contributed by atoms with Gasteiger partial charge in [-0.25, -0.2) is 9.50 Å². The van der Waals surface area contributed by atoms with E-state index in [-0.39, 0.29) is 0 Å². The summed E-state index contributed by atoms with van der Waals surface area (Å²) in [5.41, 5.74) is 4.06. The van der Waals surface area contributed by atoms with Gasteiger partial charge in [0.15, 0.2) is 5.65 Å². The third-order valence-electron chi connectivity index (χ3n) is 2.95. The van der Waals surface area contributed by atoms with Crippen LogP contribution in [0.25, 0.3) is 16.9 Å². The molecular formula is C14H13N3S. The van der Waals surface area contributed by atoms with Gasteiger partial charge in [0, 0.05) is 11.8 Å². The van der Waals surface area contributed by atoms with Crippen molar-refractivity contribution in [2.24, 2.45) is 0 Å². The third kappa shape index (κ3) is 1.84. The smallest absolute Gasteiger partial charge is 0.155 e. The Bertz CT molecular complexity index is 741. The monoisotopic (exact) mass is 255 g/mol. The topological polar surface area (TPSA) is 33.1 Å². The van der Waals surface area contributed by atoms with Gasteiger partial charge >= 0.3 is 0 Å². The van der Waals surface area contributed by atoms with E-state index in [1.165, 1.54) is 0 Å². The molecule has 0 aliphatic rings. The van der Waals surface area contributed by atoms with Crippen LogP contribution in [-0.4, -0.2) is 14.6 Å². The van der Waals surface area contributed by atoms with Crippen LogP contribution in [0.3, 0.4) is 0 Å². The zero-order chi connectivity index (χ0) is 12.5. The van der Waals surface area contributed by atoms with E-state index in [1.807, 2.05) is 34.8 Å². The van der Waals surface area contributed by atoms with Crippen molar-refractivity contribution in [2.45, 2.75) is 13.3 Å². The molecule has 3 aromatic rings. The number of benzene rings is 1. The number of H-pyrrole nitrogens is 1. The van der Waals surface area contributed by atoms with Crippen molar-refractivity contribution in [1.29, 1.82) is 0 Å². The number of aryl methyl sites for hydroxylation is 1. The highest BCUT2D eigenvalue weighted by atomic mass is 32.1. The summed E-state index contributed by atoms with van der Waals surface area (Å²) in [7, 11) is 0. The Morgan fingerprint density at radius 1 is 1.22 bits per heavy atom. The molecular weight excluding hydrogens is 242 g/mol. The van der Waals surface area contributed by atoms with Crippen LogP contribution in [0.15, 0.2) is 42.5 Å². The molecule has 90 valence electrons. The Labute approximate surface area is 110 Å². The molecule has 3 rings (SSSR count). The Hall–Kier alpha value is -1.94. The molecule has 0 spiro atoms. The first kappa shape index (κ1) is 11.2. The molecule has 0 aliphatic carbocycles. The van der Waals surface area contributed by atoms with Gasteiger partial charge in [0.1, 0.15) is 4.64 Å². The summed E-state index contributed by atoms with van der Waals surface area (Å²) in [6.45, 7) is 2.08. The summed E-state index contributed by atoms with van der Waals surface area (Å²) >= 11 is 5.36. The van der Waals surface area contributed by atoms with Crippen molar-refractivity contribution in [3.05, 3.63) is 52.8 Å². The second kappa shape index (κ2) is 4.38. The molecule has 0 saturated carbocycles. The van der Waals surface area contributed by atoms with Crippen molar-refractivity contribution in [2.75, 3.05) is 0 Å². The van der Waals surface area contributed by atoms with Crippen molar-refractivity contribution in [1.82, 2.24) is 14.6 Å². The van der Waals surface area contributed by atoms with Gasteiger partial charge < -0.3 is 0 Å². The minimum Gasteiger partial charge on any atom is -0.291 e. The third-order valence-corrected chi connectivity index (χ3v) is 3.25. The van der Waals surface area contributed by atoms with Crippen LogP contribution in [0.1, 0.15) is 12.6 Å². The van der Waals surface area contributed by atoms with Crippen LogP contribution < -0.4 is 0 Å². The highest BCUT2D eigenvalue weighted by molar-refractivity contribution is 7.71. The van der Waals surface area contributed by atoms with Gasteiger partial charge in [-0.15, -0.1) is 0 Å². The van der Waals surface area contributed by atoms with Crippen molar-refractivity contribution >= 4 is 17.9 Å². The Morgan fingerprint density at radius 3 is 2.72 bits per heavy atom. The molecule has 0 radical (unpaired) electrons. The summed E-state index contributed by atoms with van der Waals surface area (Å²) in [6, 6.07) is 14.1. The summed E-state index contributed by atoms with van der Waals surface area (Å²) in [6.07, 6.45) is 0.895. The van der Waals surface area contributed by atoms with Gasteiger partial charge in [-0.1, -0.05) is 49.5 Å². The van der Waals surface area contributed by atoms with Gasteiger partial charge in [0.25, 0.3) is 0 Å². The van der Waals surface area contributed by atoms with E-state index in [4.69, 9.17) is 12.2 Å². The second-order valence-corrected chi connectivity index (χ2v) is 4.59. The SMILES string of the molecule is CCc1cc(=S)n2[nH]c(-c3ccccc3)cc2n1. The zero-order valence-electron chi connectivity index (χ0n) is 10.1. The average Bonchev–Trinajstić information content (AvgIpc) is 2.84. The average molecular weight is 255 g/mol. The standard InChI is InChI=1S/C14H13N3S/c1-2-11-8-14(18)17-13(15-11)9-12(16-17)10-6-4-3-5-7-10/h3-9,16H,2H2,1H3. The van der Waals surface area contributed by atoms with E-state index >= 15 is 0 Å². The van der Waals surface area contributed by atoms with E-state index in [2.05, 4.69) is 29.1 Å². The predicted octanol–water partition coefficient (Wildman–Crippen LogP) is 3.62. The number of rotatable bonds is 2. The molecule has 1 aromatic carbocycles. The molecule has 0 fully saturated rings. The first-order chi connectivity index (χ1) is 8.78. The number of aromatic nitrogens is 3. The van der Waals surface area contributed by atoms with Gasteiger partial charge in [0.05, 0.1) is 5.69 Å². The molecule has 2 heterocycles. The molecule has 0 atom stereocenters. The Balaban J connectivity index is 2.23. The molecule has 0 bridgehead atoms. The minimum absolute atomic E-state index is 0.763. The first-order valence-electron chi connectivity index (χ1n) is 5.95. The predicted molar refractivity (Wildman–Crippen MR) is 75.2 cm³/mol. The van der Waals surface area contributed by atoms with Gasteiger partial charge in [-0.05, 0) is 18.1 Å². The lowest BCUT2D eigenvalue weighted by Gasteiger charge is -1.98. The van der Waals surface area contributed by atoms with Gasteiger partial charge in [-0.3, -0.25) is 5.10 Å². The minimum atomic E-state index is 0.763. The van der Waals surface area contributed by atoms with Crippen LogP contribution in [0.5, 0.6) is 0 Å². The fraction of sp³-hybridized carbons (Fsp3) is 0.143. The van der Waals surface area contributed by atoms with E-state index in [1.54, 1.807) is 0 Å². The Morgan fingerprint density at radius 2 is 2.00 bits per heavy atom. The second-order valence-electron chi connectivity index (χ2n) is 4.17. The van der Waals surface area contributed by atoms with Crippen molar-refractivity contribution in [3.63, 3.8) is 0 Å². The number of hydrogen-bond acceptors (Lipinski definition) is 2. The van der Waals surface area contributed by atoms with Gasteiger partial charge in [0.2, 0.25) is 0 Å². The van der Waals surface area contributed by atoms with Crippen LogP contribution >= 0.6 is 12.2 Å². The van der Waals surface area contributed by atoms with E-state index in [0.29, 0.717) is 0 Å². The molecule has 3 nitrogen and oxygen atoms in total. The molecule has 4 heteroatoms. The van der Waals surface area contributed by atoms with Crippen molar-refractivity contribution < 1.29 is 0 Å². The maximum Gasteiger partial charge on any atom is 0.155 e. The van der Waals surface area contributed by atoms with Crippen LogP contribution in [0.4, 0.5) is 0 Å². The molecule has 0 saturated heterocycles. The molecule has 0 aliphatic heterocycles. The van der Waals surface area contributed by atoms with E-state index < -0.39 is 0 Å². The maximum atomic E-state index is 5.36. The number of aromatic amines is 1. The fourth-order valence-corrected chi connectivity index (χ4v) is 2.26. The van der Waals surface area contributed by atoms with Gasteiger partial charge in [-0.2, -0.15) is 0 Å². The van der Waals surface area contributed by atoms with E-state index in [0.717, 1.165) is 33.7 Å². The van der Waals surface area contributed by atoms with Crippen LogP contribution in [-0.2, 0) is 6.42 Å². The number of nitrogens with zero attached hydrogens (tertiary/aromatic N) is 2. The number of hydrogen-bond donors (Lipinski definition) is 1. The quantitative estimate of drug-likeness (QED) is 0.709. The fourth-order valence-electron chi connectivity index (χ4n) is 1.99. The maximum absolute atomic E-state index is 5.36. The molecule has 1 N–H and O–H groups in total. The molecule has 0 amide bonds. The van der Waals surface area contributed by atoms with Crippen LogP contribution in [0, 0.1) is 4.64 Å². The number of fused-ring (bicyclic) bond motifs is 1. The van der Waals surface area contributed by atoms with E-state index in [9.17, 15) is 0 Å². The number of nitrogens with one attached hydrogen (secondary N) is 1. The first-order valence-corrected chi connectivity index (χ1v) is 6.36. The summed E-state index contributed by atoms with van der Waals surface area (Å²) in [5.74, 6) is 0. The highest BCUT2D eigenvalue weighted by Gasteiger charge is 2.05.